The van der Waals surface area contributed by atoms with Gasteiger partial charge in [0.05, 0.1) is 0 Å². The van der Waals surface area contributed by atoms with Crippen LogP contribution >= 0.6 is 23.4 Å². The fourth-order valence-corrected chi connectivity index (χ4v) is 6.54. The Kier molecular flexibility index (Phi) is 5.32. The molecule has 0 aromatic heterocycles. The molecule has 0 spiro atoms. The van der Waals surface area contributed by atoms with Crippen LogP contribution in [0.25, 0.3) is 0 Å². The first-order valence-corrected chi connectivity index (χ1v) is 9.51. The molecule has 1 aromatic carbocycles. The van der Waals surface area contributed by atoms with Crippen LogP contribution in [0.3, 0.4) is 0 Å². The minimum atomic E-state index is -1.09. The molecule has 1 saturated heterocycles. The summed E-state index contributed by atoms with van der Waals surface area (Å²) in [5, 5.41) is 0.630. The molecule has 1 aliphatic rings. The van der Waals surface area contributed by atoms with Crippen LogP contribution < -0.4 is 0 Å². The molecule has 1 aliphatic heterocycles. The van der Waals surface area contributed by atoms with Crippen LogP contribution in [0.2, 0.25) is 5.02 Å². The zero-order valence-corrected chi connectivity index (χ0v) is 14.1. The lowest BCUT2D eigenvalue weighted by Gasteiger charge is -2.35. The van der Waals surface area contributed by atoms with E-state index in [9.17, 15) is 9.00 Å². The van der Waals surface area contributed by atoms with Gasteiger partial charge in [-0.25, -0.2) is 0 Å². The number of ketones is 1. The summed E-state index contributed by atoms with van der Waals surface area (Å²) in [7, 11) is -1.09. The molecular formula is C15H19ClO2S2. The molecule has 2 rings (SSSR count). The first kappa shape index (κ1) is 16.1. The highest BCUT2D eigenvalue weighted by Crippen LogP contribution is 2.42. The second-order valence-electron chi connectivity index (χ2n) is 5.00. The zero-order valence-electron chi connectivity index (χ0n) is 11.7. The van der Waals surface area contributed by atoms with Gasteiger partial charge in [0.15, 0.2) is 5.78 Å². The largest absolute Gasteiger partial charge is 0.296 e. The summed E-state index contributed by atoms with van der Waals surface area (Å²) >= 11 is 7.57. The van der Waals surface area contributed by atoms with Crippen molar-refractivity contribution in [3.63, 3.8) is 0 Å². The predicted molar refractivity (Wildman–Crippen MR) is 88.0 cm³/mol. The molecule has 1 aromatic rings. The van der Waals surface area contributed by atoms with Gasteiger partial charge < -0.3 is 0 Å². The van der Waals surface area contributed by atoms with Gasteiger partial charge in [-0.2, -0.15) is 0 Å². The standard InChI is InChI=1S/C15H19ClO2S2/c1-3-15(19-8-5-9-20(15)18)14(17)11(2)12-6-4-7-13(16)10-12/h4,6-7,10-11H,3,5,8-9H2,1-2H3/t11-,15+,20+/m0/s1. The summed E-state index contributed by atoms with van der Waals surface area (Å²) in [6.07, 6.45) is 1.55. The van der Waals surface area contributed by atoms with E-state index in [1.54, 1.807) is 17.8 Å². The number of carbonyl (C=O) groups excluding carboxylic acids is 1. The lowest BCUT2D eigenvalue weighted by Crippen LogP contribution is -2.45. The maximum atomic E-state index is 12.9. The molecule has 5 heteroatoms. The molecule has 1 heterocycles. The molecule has 20 heavy (non-hydrogen) atoms. The molecule has 2 nitrogen and oxygen atoms in total. The molecule has 110 valence electrons. The lowest BCUT2D eigenvalue weighted by molar-refractivity contribution is -0.120. The normalized spacial score (nSPS) is 28.1. The van der Waals surface area contributed by atoms with Crippen molar-refractivity contribution in [1.29, 1.82) is 0 Å². The first-order chi connectivity index (χ1) is 9.51. The maximum Gasteiger partial charge on any atom is 0.168 e. The van der Waals surface area contributed by atoms with Gasteiger partial charge in [-0.3, -0.25) is 9.00 Å². The molecule has 0 unspecified atom stereocenters. The Morgan fingerprint density at radius 1 is 1.55 bits per heavy atom. The number of thioether (sulfide) groups is 1. The highest BCUT2D eigenvalue weighted by molar-refractivity contribution is 8.14. The highest BCUT2D eigenvalue weighted by Gasteiger charge is 2.46. The number of halogens is 1. The smallest absolute Gasteiger partial charge is 0.168 e. The number of rotatable bonds is 4. The Balaban J connectivity index is 2.31. The van der Waals surface area contributed by atoms with Crippen LogP contribution in [0.5, 0.6) is 0 Å². The summed E-state index contributed by atoms with van der Waals surface area (Å²) in [5.41, 5.74) is 0.901. The Morgan fingerprint density at radius 2 is 2.30 bits per heavy atom. The molecule has 0 bridgehead atoms. The van der Waals surface area contributed by atoms with E-state index >= 15 is 0 Å². The number of Topliss-reactive ketones (excluding diaryl/α,β-unsaturated/α-hetero) is 1. The van der Waals surface area contributed by atoms with Gasteiger partial charge in [0.1, 0.15) is 4.08 Å². The van der Waals surface area contributed by atoms with Gasteiger partial charge in [-0.05, 0) is 36.3 Å². The van der Waals surface area contributed by atoms with Crippen molar-refractivity contribution in [3.05, 3.63) is 34.9 Å². The Hall–Kier alpha value is -0.320. The van der Waals surface area contributed by atoms with Gasteiger partial charge in [0.2, 0.25) is 0 Å². The van der Waals surface area contributed by atoms with Crippen molar-refractivity contribution in [3.8, 4) is 0 Å². The third kappa shape index (κ3) is 2.97. The zero-order chi connectivity index (χ0) is 14.8. The Labute approximate surface area is 132 Å². The molecule has 3 atom stereocenters. The van der Waals surface area contributed by atoms with E-state index in [1.807, 2.05) is 32.0 Å². The van der Waals surface area contributed by atoms with Gasteiger partial charge in [0.25, 0.3) is 0 Å². The summed E-state index contributed by atoms with van der Waals surface area (Å²) in [6, 6.07) is 7.38. The average Bonchev–Trinajstić information content (AvgIpc) is 2.46. The van der Waals surface area contributed by atoms with Gasteiger partial charge in [0, 0.05) is 27.5 Å². The van der Waals surface area contributed by atoms with E-state index in [4.69, 9.17) is 11.6 Å². The number of carbonyl (C=O) groups is 1. The predicted octanol–water partition coefficient (Wildman–Crippen LogP) is 4.00. The summed E-state index contributed by atoms with van der Waals surface area (Å²) in [6.45, 7) is 3.84. The van der Waals surface area contributed by atoms with Crippen LogP contribution in [-0.4, -0.2) is 25.6 Å². The molecule has 1 fully saturated rings. The molecule has 0 aliphatic carbocycles. The molecule has 0 N–H and O–H groups in total. The number of benzene rings is 1. The summed E-state index contributed by atoms with van der Waals surface area (Å²) in [5.74, 6) is 1.34. The van der Waals surface area contributed by atoms with E-state index in [-0.39, 0.29) is 11.7 Å². The van der Waals surface area contributed by atoms with Crippen molar-refractivity contribution in [2.45, 2.75) is 36.7 Å². The van der Waals surface area contributed by atoms with Crippen molar-refractivity contribution >= 4 is 39.9 Å². The van der Waals surface area contributed by atoms with Gasteiger partial charge in [-0.1, -0.05) is 37.6 Å². The summed E-state index contributed by atoms with van der Waals surface area (Å²) in [4.78, 5) is 12.9. The van der Waals surface area contributed by atoms with Gasteiger partial charge >= 0.3 is 0 Å². The van der Waals surface area contributed by atoms with E-state index in [1.165, 1.54) is 0 Å². The van der Waals surface area contributed by atoms with Crippen molar-refractivity contribution in [1.82, 2.24) is 0 Å². The van der Waals surface area contributed by atoms with Crippen LogP contribution in [0.15, 0.2) is 24.3 Å². The molecule has 0 amide bonds. The lowest BCUT2D eigenvalue weighted by atomic mass is 9.93. The number of hydrogen-bond acceptors (Lipinski definition) is 3. The van der Waals surface area contributed by atoms with E-state index in [0.717, 1.165) is 17.7 Å². The third-order valence-corrected chi connectivity index (χ3v) is 8.24. The Bertz CT molecular complexity index is 532. The topological polar surface area (TPSA) is 34.1 Å². The summed E-state index contributed by atoms with van der Waals surface area (Å²) < 4.78 is 11.7. The SMILES string of the molecule is CC[C@@]1(C(=O)[C@@H](C)c2cccc(Cl)c2)SCCC[S@]1=O. The van der Waals surface area contributed by atoms with Crippen molar-refractivity contribution in [2.24, 2.45) is 0 Å². The Morgan fingerprint density at radius 3 is 2.90 bits per heavy atom. The van der Waals surface area contributed by atoms with E-state index in [2.05, 4.69) is 0 Å². The van der Waals surface area contributed by atoms with E-state index < -0.39 is 14.9 Å². The second-order valence-corrected chi connectivity index (χ2v) is 8.88. The van der Waals surface area contributed by atoms with E-state index in [0.29, 0.717) is 17.2 Å². The van der Waals surface area contributed by atoms with Crippen molar-refractivity contribution in [2.75, 3.05) is 11.5 Å². The molecular weight excluding hydrogens is 312 g/mol. The highest BCUT2D eigenvalue weighted by atomic mass is 35.5. The van der Waals surface area contributed by atoms with Crippen LogP contribution in [0, 0.1) is 0 Å². The van der Waals surface area contributed by atoms with Crippen LogP contribution in [0.1, 0.15) is 38.2 Å². The minimum absolute atomic E-state index is 0.0744. The number of hydrogen-bond donors (Lipinski definition) is 0. The first-order valence-electron chi connectivity index (χ1n) is 6.83. The third-order valence-electron chi connectivity index (χ3n) is 3.76. The fourth-order valence-electron chi connectivity index (χ4n) is 2.54. The minimum Gasteiger partial charge on any atom is -0.296 e. The molecule has 0 saturated carbocycles. The van der Waals surface area contributed by atoms with Crippen molar-refractivity contribution < 1.29 is 9.00 Å². The fraction of sp³-hybridized carbons (Fsp3) is 0.533. The maximum absolute atomic E-state index is 12.9. The quantitative estimate of drug-likeness (QED) is 0.836. The van der Waals surface area contributed by atoms with Crippen LogP contribution in [0.4, 0.5) is 0 Å². The second kappa shape index (κ2) is 6.63. The monoisotopic (exact) mass is 330 g/mol. The van der Waals surface area contributed by atoms with Gasteiger partial charge in [-0.15, -0.1) is 11.8 Å². The van der Waals surface area contributed by atoms with Crippen LogP contribution in [-0.2, 0) is 15.6 Å². The average molecular weight is 331 g/mol. The molecule has 0 radical (unpaired) electrons.